The minimum Gasteiger partial charge on any atom is -0.385 e. The lowest BCUT2D eigenvalue weighted by atomic mass is 9.92. The van der Waals surface area contributed by atoms with Gasteiger partial charge in [0.15, 0.2) is 0 Å². The summed E-state index contributed by atoms with van der Waals surface area (Å²) in [5.74, 6) is 0.505. The van der Waals surface area contributed by atoms with Gasteiger partial charge < -0.3 is 9.64 Å². The van der Waals surface area contributed by atoms with Gasteiger partial charge >= 0.3 is 0 Å². The molecule has 30 heavy (non-hydrogen) atoms. The molecule has 5 nitrogen and oxygen atoms in total. The zero-order valence-corrected chi connectivity index (χ0v) is 18.9. The third-order valence-corrected chi connectivity index (χ3v) is 7.58. The summed E-state index contributed by atoms with van der Waals surface area (Å²) in [4.78, 5) is 20.2. The first kappa shape index (κ1) is 21.8. The fourth-order valence-corrected chi connectivity index (χ4v) is 5.82. The molecule has 1 unspecified atom stereocenters. The fourth-order valence-electron chi connectivity index (χ4n) is 5.82. The smallest absolute Gasteiger partial charge is 0.226 e. The molecule has 2 heterocycles. The Kier molecular flexibility index (Phi) is 7.45. The Labute approximate surface area is 182 Å². The first-order chi connectivity index (χ1) is 14.7. The standard InChI is InChI=1S/C25H39N3O2/c1-26(12-6-16-30-2)25(29)22-9-5-13-28(19-22)23-10-14-27(15-11-23)24-17-20-7-3-4-8-21(20)18-24/h3-4,7-8,22-24H,5-6,9-19H2,1-2H3. The molecule has 0 radical (unpaired) electrons. The van der Waals surface area contributed by atoms with Crippen LogP contribution in [-0.2, 0) is 22.4 Å². The minimum absolute atomic E-state index is 0.175. The van der Waals surface area contributed by atoms with Crippen LogP contribution < -0.4 is 0 Å². The lowest BCUT2D eigenvalue weighted by Crippen LogP contribution is -2.52. The number of ether oxygens (including phenoxy) is 1. The van der Waals surface area contributed by atoms with Gasteiger partial charge in [-0.1, -0.05) is 24.3 Å². The van der Waals surface area contributed by atoms with Crippen LogP contribution in [0.3, 0.4) is 0 Å². The molecule has 166 valence electrons. The average molecular weight is 414 g/mol. The number of benzene rings is 1. The van der Waals surface area contributed by atoms with Crippen LogP contribution in [0.2, 0.25) is 0 Å². The van der Waals surface area contributed by atoms with E-state index in [0.29, 0.717) is 18.0 Å². The Hall–Kier alpha value is -1.43. The first-order valence-corrected chi connectivity index (χ1v) is 11.9. The van der Waals surface area contributed by atoms with E-state index in [1.165, 1.54) is 38.8 Å². The SMILES string of the molecule is COCCCN(C)C(=O)C1CCCN(C2CCN(C3Cc4ccccc4C3)CC2)C1. The van der Waals surface area contributed by atoms with Crippen molar-refractivity contribution in [3.63, 3.8) is 0 Å². The molecule has 3 aliphatic rings. The summed E-state index contributed by atoms with van der Waals surface area (Å²) in [6.45, 7) is 6.04. The van der Waals surface area contributed by atoms with Crippen molar-refractivity contribution in [2.45, 2.75) is 57.0 Å². The van der Waals surface area contributed by atoms with Gasteiger partial charge in [0.25, 0.3) is 0 Å². The van der Waals surface area contributed by atoms with Crippen molar-refractivity contribution in [2.24, 2.45) is 5.92 Å². The molecule has 4 rings (SSSR count). The number of carbonyl (C=O) groups is 1. The fraction of sp³-hybridized carbons (Fsp3) is 0.720. The Morgan fingerprint density at radius 1 is 1.03 bits per heavy atom. The van der Waals surface area contributed by atoms with Crippen molar-refractivity contribution >= 4 is 5.91 Å². The van der Waals surface area contributed by atoms with Crippen molar-refractivity contribution < 1.29 is 9.53 Å². The van der Waals surface area contributed by atoms with Gasteiger partial charge in [0, 0.05) is 45.9 Å². The van der Waals surface area contributed by atoms with Crippen LogP contribution in [0.5, 0.6) is 0 Å². The lowest BCUT2D eigenvalue weighted by molar-refractivity contribution is -0.136. The summed E-state index contributed by atoms with van der Waals surface area (Å²) in [5, 5.41) is 0. The second kappa shape index (κ2) is 10.3. The lowest BCUT2D eigenvalue weighted by Gasteiger charge is -2.43. The normalized spacial score (nSPS) is 24.1. The van der Waals surface area contributed by atoms with Crippen molar-refractivity contribution in [2.75, 3.05) is 53.5 Å². The molecule has 0 N–H and O–H groups in total. The highest BCUT2D eigenvalue weighted by Crippen LogP contribution is 2.30. The van der Waals surface area contributed by atoms with Crippen LogP contribution in [0.4, 0.5) is 0 Å². The molecule has 2 fully saturated rings. The summed E-state index contributed by atoms with van der Waals surface area (Å²) in [7, 11) is 3.67. The topological polar surface area (TPSA) is 36.0 Å². The highest BCUT2D eigenvalue weighted by Gasteiger charge is 2.35. The third-order valence-electron chi connectivity index (χ3n) is 7.58. The number of piperidine rings is 2. The number of nitrogens with zero attached hydrogens (tertiary/aromatic N) is 3. The summed E-state index contributed by atoms with van der Waals surface area (Å²) >= 11 is 0. The van der Waals surface area contributed by atoms with Crippen LogP contribution >= 0.6 is 0 Å². The number of amides is 1. The van der Waals surface area contributed by atoms with Crippen LogP contribution in [0.15, 0.2) is 24.3 Å². The third kappa shape index (κ3) is 5.06. The number of carbonyl (C=O) groups excluding carboxylic acids is 1. The number of hydrogen-bond donors (Lipinski definition) is 0. The highest BCUT2D eigenvalue weighted by molar-refractivity contribution is 5.78. The van der Waals surface area contributed by atoms with E-state index in [0.717, 1.165) is 45.5 Å². The largest absolute Gasteiger partial charge is 0.385 e. The molecule has 0 bridgehead atoms. The van der Waals surface area contributed by atoms with Crippen LogP contribution in [0.1, 0.15) is 43.2 Å². The van der Waals surface area contributed by atoms with E-state index in [9.17, 15) is 4.79 Å². The van der Waals surface area contributed by atoms with E-state index in [-0.39, 0.29) is 5.92 Å². The van der Waals surface area contributed by atoms with Gasteiger partial charge in [-0.05, 0) is 75.7 Å². The zero-order chi connectivity index (χ0) is 20.9. The van der Waals surface area contributed by atoms with Gasteiger partial charge in [-0.3, -0.25) is 14.6 Å². The average Bonchev–Trinajstić information content (AvgIpc) is 3.23. The maximum atomic E-state index is 12.9. The first-order valence-electron chi connectivity index (χ1n) is 11.9. The van der Waals surface area contributed by atoms with E-state index in [2.05, 4.69) is 34.1 Å². The number of likely N-dealkylation sites (tertiary alicyclic amines) is 2. The van der Waals surface area contributed by atoms with Gasteiger partial charge in [0.1, 0.15) is 0 Å². The highest BCUT2D eigenvalue weighted by atomic mass is 16.5. The van der Waals surface area contributed by atoms with Gasteiger partial charge in [0.2, 0.25) is 5.91 Å². The molecule has 0 saturated carbocycles. The van der Waals surface area contributed by atoms with Crippen molar-refractivity contribution in [3.8, 4) is 0 Å². The Morgan fingerprint density at radius 3 is 2.40 bits per heavy atom. The molecule has 5 heteroatoms. The maximum Gasteiger partial charge on any atom is 0.226 e. The second-order valence-corrected chi connectivity index (χ2v) is 9.54. The summed E-state index contributed by atoms with van der Waals surface area (Å²) in [6.07, 6.45) is 8.05. The number of rotatable bonds is 7. The summed E-state index contributed by atoms with van der Waals surface area (Å²) in [5.41, 5.74) is 3.10. The molecule has 0 spiro atoms. The number of fused-ring (bicyclic) bond motifs is 1. The van der Waals surface area contributed by atoms with Crippen LogP contribution in [0.25, 0.3) is 0 Å². The predicted molar refractivity (Wildman–Crippen MR) is 121 cm³/mol. The van der Waals surface area contributed by atoms with E-state index in [4.69, 9.17) is 4.74 Å². The maximum absolute atomic E-state index is 12.9. The summed E-state index contributed by atoms with van der Waals surface area (Å²) in [6, 6.07) is 10.3. The molecule has 1 aliphatic carbocycles. The molecule has 0 aromatic heterocycles. The van der Waals surface area contributed by atoms with Gasteiger partial charge in [-0.25, -0.2) is 0 Å². The van der Waals surface area contributed by atoms with Crippen molar-refractivity contribution in [1.82, 2.24) is 14.7 Å². The summed E-state index contributed by atoms with van der Waals surface area (Å²) < 4.78 is 5.13. The molecule has 1 aromatic rings. The second-order valence-electron chi connectivity index (χ2n) is 9.54. The molecular weight excluding hydrogens is 374 g/mol. The Morgan fingerprint density at radius 2 is 1.73 bits per heavy atom. The molecule has 1 amide bonds. The molecule has 1 atom stereocenters. The van der Waals surface area contributed by atoms with E-state index < -0.39 is 0 Å². The van der Waals surface area contributed by atoms with Crippen molar-refractivity contribution in [1.29, 1.82) is 0 Å². The van der Waals surface area contributed by atoms with E-state index in [1.807, 2.05) is 11.9 Å². The predicted octanol–water partition coefficient (Wildman–Crippen LogP) is 2.83. The van der Waals surface area contributed by atoms with Gasteiger partial charge in [0.05, 0.1) is 5.92 Å². The van der Waals surface area contributed by atoms with E-state index >= 15 is 0 Å². The molecule has 2 saturated heterocycles. The Bertz CT molecular complexity index is 676. The minimum atomic E-state index is 0.175. The molecular formula is C25H39N3O2. The molecule has 2 aliphatic heterocycles. The van der Waals surface area contributed by atoms with Gasteiger partial charge in [-0.2, -0.15) is 0 Å². The van der Waals surface area contributed by atoms with Crippen molar-refractivity contribution in [3.05, 3.63) is 35.4 Å². The molecule has 1 aromatic carbocycles. The van der Waals surface area contributed by atoms with Gasteiger partial charge in [-0.15, -0.1) is 0 Å². The quantitative estimate of drug-likeness (QED) is 0.644. The zero-order valence-electron chi connectivity index (χ0n) is 18.9. The number of methoxy groups -OCH3 is 1. The van der Waals surface area contributed by atoms with Crippen LogP contribution in [0, 0.1) is 5.92 Å². The number of hydrogen-bond acceptors (Lipinski definition) is 4. The monoisotopic (exact) mass is 413 g/mol. The van der Waals surface area contributed by atoms with Crippen LogP contribution in [-0.4, -0.2) is 86.2 Å². The Balaban J connectivity index is 1.24. The van der Waals surface area contributed by atoms with E-state index in [1.54, 1.807) is 18.2 Å².